The van der Waals surface area contributed by atoms with Crippen molar-refractivity contribution in [3.05, 3.63) is 142 Å². The van der Waals surface area contributed by atoms with Crippen LogP contribution in [0.3, 0.4) is 0 Å². The largest absolute Gasteiger partial charge is 0.459 e. The number of rotatable bonds is 12. The van der Waals surface area contributed by atoms with E-state index >= 15 is 0 Å². The normalized spacial score (nSPS) is 10.5. The van der Waals surface area contributed by atoms with Gasteiger partial charge in [-0.3, -0.25) is 19.8 Å². The Balaban J connectivity index is 0.000000340. The van der Waals surface area contributed by atoms with E-state index in [2.05, 4.69) is 97.4 Å². The minimum absolute atomic E-state index is 0. The molecule has 0 bridgehead atoms. The molecular formula is C40H50ClN3O4. The molecule has 48 heavy (non-hydrogen) atoms. The van der Waals surface area contributed by atoms with Crippen molar-refractivity contribution in [3.63, 3.8) is 0 Å². The third-order valence-corrected chi connectivity index (χ3v) is 7.43. The molecule has 0 spiro atoms. The number of hydrazine groups is 1. The van der Waals surface area contributed by atoms with E-state index in [0.29, 0.717) is 6.42 Å². The summed E-state index contributed by atoms with van der Waals surface area (Å²) in [4.78, 5) is 34.8. The maximum absolute atomic E-state index is 12.0. The van der Waals surface area contributed by atoms with E-state index < -0.39 is 11.6 Å². The number of benzene rings is 4. The summed E-state index contributed by atoms with van der Waals surface area (Å²) in [6, 6.07) is 33.4. The van der Waals surface area contributed by atoms with E-state index in [1.54, 1.807) is 20.8 Å². The van der Waals surface area contributed by atoms with Gasteiger partial charge in [-0.15, -0.1) is 12.4 Å². The first-order chi connectivity index (χ1) is 22.4. The number of carbonyl (C=O) groups is 3. The van der Waals surface area contributed by atoms with Crippen molar-refractivity contribution in [2.75, 3.05) is 6.54 Å². The first-order valence-corrected chi connectivity index (χ1v) is 16.1. The maximum atomic E-state index is 12.0. The van der Waals surface area contributed by atoms with Crippen molar-refractivity contribution in [3.8, 4) is 0 Å². The molecule has 0 atom stereocenters. The highest BCUT2D eigenvalue weighted by Crippen LogP contribution is 2.12. The van der Waals surface area contributed by atoms with Crippen LogP contribution in [0, 0.1) is 13.8 Å². The molecule has 0 aliphatic rings. The first-order valence-electron chi connectivity index (χ1n) is 16.1. The summed E-state index contributed by atoms with van der Waals surface area (Å²) in [6.07, 6.45) is 4.58. The standard InChI is InChI=1S/C23H29NO3.C17H20N2O.ClH/c1-17-5-7-18(8-6-17)9-10-19-11-13-20(14-12-19)15-21(25)24-16-22(26)27-23(2,3)4;1-13-2-4-14(5-3-13)6-7-15-8-10-16(11-9-15)12-17(20)19-18;/h5-8,11-14H,9-10,15-16H2,1-4H3,(H,24,25);2-5,8-11H,6-7,12,18H2,1H3,(H,19,20);1H. The van der Waals surface area contributed by atoms with E-state index in [9.17, 15) is 14.4 Å². The molecule has 0 unspecified atom stereocenters. The lowest BCUT2D eigenvalue weighted by molar-refractivity contribution is -0.154. The lowest BCUT2D eigenvalue weighted by atomic mass is 10.0. The van der Waals surface area contributed by atoms with Gasteiger partial charge in [0.2, 0.25) is 11.8 Å². The predicted molar refractivity (Wildman–Crippen MR) is 196 cm³/mol. The molecule has 0 aliphatic heterocycles. The monoisotopic (exact) mass is 671 g/mol. The average Bonchev–Trinajstić information content (AvgIpc) is 3.04. The van der Waals surface area contributed by atoms with Gasteiger partial charge in [-0.05, 0) is 93.7 Å². The lowest BCUT2D eigenvalue weighted by Gasteiger charge is -2.19. The van der Waals surface area contributed by atoms with Gasteiger partial charge in [0.05, 0.1) is 12.8 Å². The minimum Gasteiger partial charge on any atom is -0.459 e. The Morgan fingerprint density at radius 3 is 1.21 bits per heavy atom. The number of hydrogen-bond donors (Lipinski definition) is 3. The second kappa shape index (κ2) is 20.0. The highest BCUT2D eigenvalue weighted by atomic mass is 35.5. The first kappa shape index (κ1) is 39.7. The summed E-state index contributed by atoms with van der Waals surface area (Å²) in [6.45, 7) is 9.48. The van der Waals surface area contributed by atoms with Gasteiger partial charge in [0, 0.05) is 0 Å². The van der Waals surface area contributed by atoms with Crippen molar-refractivity contribution in [1.82, 2.24) is 10.7 Å². The highest BCUT2D eigenvalue weighted by molar-refractivity contribution is 5.85. The fraction of sp³-hybridized carbons (Fsp3) is 0.325. The zero-order valence-electron chi connectivity index (χ0n) is 28.8. The Morgan fingerprint density at radius 2 is 0.875 bits per heavy atom. The maximum Gasteiger partial charge on any atom is 0.325 e. The number of carbonyl (C=O) groups excluding carboxylic acids is 3. The molecule has 0 heterocycles. The molecule has 2 amide bonds. The Kier molecular flexibility index (Phi) is 16.6. The van der Waals surface area contributed by atoms with Gasteiger partial charge in [0.15, 0.2) is 0 Å². The second-order valence-electron chi connectivity index (χ2n) is 12.9. The zero-order valence-corrected chi connectivity index (χ0v) is 29.6. The van der Waals surface area contributed by atoms with E-state index in [0.717, 1.165) is 36.8 Å². The predicted octanol–water partition coefficient (Wildman–Crippen LogP) is 6.52. The molecule has 0 saturated heterocycles. The molecule has 0 aliphatic carbocycles. The molecule has 8 heteroatoms. The number of amides is 2. The molecule has 4 N–H and O–H groups in total. The smallest absolute Gasteiger partial charge is 0.325 e. The number of nitrogens with two attached hydrogens (primary N) is 1. The minimum atomic E-state index is -0.545. The van der Waals surface area contributed by atoms with Crippen LogP contribution in [-0.4, -0.2) is 29.9 Å². The van der Waals surface area contributed by atoms with E-state index in [1.807, 2.05) is 24.3 Å². The highest BCUT2D eigenvalue weighted by Gasteiger charge is 2.16. The quantitative estimate of drug-likeness (QED) is 0.0688. The van der Waals surface area contributed by atoms with Crippen LogP contribution in [0.1, 0.15) is 65.3 Å². The number of ether oxygens (including phenoxy) is 1. The van der Waals surface area contributed by atoms with Gasteiger partial charge in [-0.2, -0.15) is 0 Å². The fourth-order valence-electron chi connectivity index (χ4n) is 4.77. The number of nitrogens with one attached hydrogen (secondary N) is 2. The summed E-state index contributed by atoms with van der Waals surface area (Å²) in [5.41, 5.74) is 11.3. The van der Waals surface area contributed by atoms with Crippen LogP contribution in [0.4, 0.5) is 0 Å². The van der Waals surface area contributed by atoms with E-state index in [-0.39, 0.29) is 37.2 Å². The number of esters is 1. The number of aryl methyl sites for hydroxylation is 6. The van der Waals surface area contributed by atoms with Gasteiger partial charge in [-0.25, -0.2) is 5.84 Å². The summed E-state index contributed by atoms with van der Waals surface area (Å²) in [5, 5.41) is 2.61. The summed E-state index contributed by atoms with van der Waals surface area (Å²) in [7, 11) is 0. The molecule has 0 aromatic heterocycles. The van der Waals surface area contributed by atoms with Gasteiger partial charge in [0.25, 0.3) is 0 Å². The van der Waals surface area contributed by atoms with Crippen LogP contribution in [0.2, 0.25) is 0 Å². The SMILES string of the molecule is Cc1ccc(CCc2ccc(CC(=O)NCC(=O)OC(C)(C)C)cc2)cc1.Cc1ccc(CCc2ccc(CC(=O)NN)cc2)cc1.Cl. The summed E-state index contributed by atoms with van der Waals surface area (Å²) in [5.74, 6) is 4.29. The Bertz CT molecular complexity index is 1560. The Hall–Kier alpha value is -4.46. The van der Waals surface area contributed by atoms with Crippen molar-refractivity contribution in [2.45, 2.75) is 78.7 Å². The van der Waals surface area contributed by atoms with Crippen molar-refractivity contribution in [1.29, 1.82) is 0 Å². The van der Waals surface area contributed by atoms with Crippen molar-refractivity contribution in [2.24, 2.45) is 5.84 Å². The number of halogens is 1. The van der Waals surface area contributed by atoms with E-state index in [1.165, 1.54) is 33.4 Å². The summed E-state index contributed by atoms with van der Waals surface area (Å²) >= 11 is 0. The molecule has 7 nitrogen and oxygen atoms in total. The van der Waals surface area contributed by atoms with Gasteiger partial charge < -0.3 is 10.1 Å². The Labute approximate surface area is 292 Å². The van der Waals surface area contributed by atoms with Crippen LogP contribution in [-0.2, 0) is 57.6 Å². The van der Waals surface area contributed by atoms with Crippen LogP contribution < -0.4 is 16.6 Å². The van der Waals surface area contributed by atoms with Crippen LogP contribution in [0.25, 0.3) is 0 Å². The Morgan fingerprint density at radius 1 is 0.562 bits per heavy atom. The fourth-order valence-corrected chi connectivity index (χ4v) is 4.77. The van der Waals surface area contributed by atoms with Crippen LogP contribution >= 0.6 is 12.4 Å². The van der Waals surface area contributed by atoms with Crippen LogP contribution in [0.15, 0.2) is 97.1 Å². The molecule has 4 aromatic rings. The molecule has 0 radical (unpaired) electrons. The van der Waals surface area contributed by atoms with Gasteiger partial charge in [-0.1, -0.05) is 108 Å². The molecule has 0 fully saturated rings. The van der Waals surface area contributed by atoms with Gasteiger partial charge >= 0.3 is 5.97 Å². The second-order valence-corrected chi connectivity index (χ2v) is 12.9. The molecule has 0 saturated carbocycles. The molecule has 4 aromatic carbocycles. The third kappa shape index (κ3) is 15.9. The zero-order chi connectivity index (χ0) is 34.2. The lowest BCUT2D eigenvalue weighted by Crippen LogP contribution is -2.35. The van der Waals surface area contributed by atoms with E-state index in [4.69, 9.17) is 10.6 Å². The van der Waals surface area contributed by atoms with Gasteiger partial charge in [0.1, 0.15) is 12.1 Å². The van der Waals surface area contributed by atoms with Crippen molar-refractivity contribution < 1.29 is 19.1 Å². The average molecular weight is 672 g/mol. The molecule has 256 valence electrons. The van der Waals surface area contributed by atoms with Crippen LogP contribution in [0.5, 0.6) is 0 Å². The molecular weight excluding hydrogens is 622 g/mol. The summed E-state index contributed by atoms with van der Waals surface area (Å²) < 4.78 is 5.17. The topological polar surface area (TPSA) is 111 Å². The van der Waals surface area contributed by atoms with Crippen molar-refractivity contribution >= 4 is 30.2 Å². The molecule has 4 rings (SSSR count). The number of hydrogen-bond acceptors (Lipinski definition) is 5. The third-order valence-electron chi connectivity index (χ3n) is 7.43.